The van der Waals surface area contributed by atoms with Crippen molar-refractivity contribution in [3.8, 4) is 0 Å². The number of rotatable bonds is 5. The van der Waals surface area contributed by atoms with E-state index in [1.54, 1.807) is 0 Å². The van der Waals surface area contributed by atoms with Crippen LogP contribution in [0.5, 0.6) is 0 Å². The second kappa shape index (κ2) is 4.03. The average molecular weight is 232 g/mol. The lowest BCUT2D eigenvalue weighted by atomic mass is 10.1. The lowest BCUT2D eigenvalue weighted by Crippen LogP contribution is -2.38. The Balaban J connectivity index is 1.75. The van der Waals surface area contributed by atoms with E-state index in [2.05, 4.69) is 10.6 Å². The van der Waals surface area contributed by atoms with Gasteiger partial charge in [-0.1, -0.05) is 0 Å². The fourth-order valence-electron chi connectivity index (χ4n) is 2.28. The Bertz CT molecular complexity index is 322. The van der Waals surface area contributed by atoms with Crippen LogP contribution in [-0.2, 0) is 9.84 Å². The van der Waals surface area contributed by atoms with Gasteiger partial charge in [0.1, 0.15) is 0 Å². The summed E-state index contributed by atoms with van der Waals surface area (Å²) in [6.07, 6.45) is 3.32. The van der Waals surface area contributed by atoms with Gasteiger partial charge in [-0.25, -0.2) is 8.42 Å². The third kappa shape index (κ3) is 2.92. The predicted octanol–water partition coefficient (Wildman–Crippen LogP) is -0.237. The molecule has 2 aliphatic rings. The van der Waals surface area contributed by atoms with Crippen LogP contribution in [0, 0.1) is 5.41 Å². The molecule has 88 valence electrons. The van der Waals surface area contributed by atoms with E-state index in [1.807, 2.05) is 7.05 Å². The Kier molecular flexibility index (Phi) is 3.05. The Hall–Kier alpha value is -0.130. The van der Waals surface area contributed by atoms with E-state index in [4.69, 9.17) is 0 Å². The smallest absolute Gasteiger partial charge is 0.151 e. The zero-order valence-electron chi connectivity index (χ0n) is 9.25. The van der Waals surface area contributed by atoms with Crippen LogP contribution in [0.2, 0.25) is 0 Å². The molecular weight excluding hydrogens is 212 g/mol. The third-order valence-electron chi connectivity index (χ3n) is 3.51. The minimum absolute atomic E-state index is 0.198. The maximum absolute atomic E-state index is 11.3. The van der Waals surface area contributed by atoms with Crippen LogP contribution in [0.15, 0.2) is 0 Å². The molecule has 0 amide bonds. The highest BCUT2D eigenvalue weighted by molar-refractivity contribution is 7.91. The number of nitrogens with one attached hydrogen (secondary N) is 2. The Morgan fingerprint density at radius 3 is 2.53 bits per heavy atom. The molecule has 1 saturated carbocycles. The molecule has 1 aliphatic heterocycles. The van der Waals surface area contributed by atoms with Crippen molar-refractivity contribution < 1.29 is 8.42 Å². The summed E-state index contributed by atoms with van der Waals surface area (Å²) in [7, 11) is -0.761. The molecule has 0 radical (unpaired) electrons. The summed E-state index contributed by atoms with van der Waals surface area (Å²) in [5.74, 6) is 0.701. The molecule has 0 aromatic carbocycles. The highest BCUT2D eigenvalue weighted by atomic mass is 32.2. The highest BCUT2D eigenvalue weighted by Crippen LogP contribution is 2.44. The van der Waals surface area contributed by atoms with E-state index in [1.165, 1.54) is 12.8 Å². The Morgan fingerprint density at radius 1 is 1.33 bits per heavy atom. The minimum Gasteiger partial charge on any atom is -0.319 e. The van der Waals surface area contributed by atoms with Gasteiger partial charge in [0.2, 0.25) is 0 Å². The standard InChI is InChI=1S/C10H20N2O2S/c1-11-7-10(3-4-10)8-12-9-2-5-15(13,14)6-9/h9,11-12H,2-8H2,1H3. The molecule has 0 spiro atoms. The van der Waals surface area contributed by atoms with Crippen LogP contribution in [-0.4, -0.2) is 46.1 Å². The van der Waals surface area contributed by atoms with Gasteiger partial charge in [0, 0.05) is 19.1 Å². The summed E-state index contributed by atoms with van der Waals surface area (Å²) in [5, 5.41) is 6.61. The summed E-state index contributed by atoms with van der Waals surface area (Å²) >= 11 is 0. The minimum atomic E-state index is -2.73. The number of hydrogen-bond acceptors (Lipinski definition) is 4. The molecule has 1 unspecified atom stereocenters. The molecule has 1 saturated heterocycles. The maximum Gasteiger partial charge on any atom is 0.151 e. The Morgan fingerprint density at radius 2 is 2.07 bits per heavy atom. The third-order valence-corrected chi connectivity index (χ3v) is 5.28. The molecule has 2 rings (SSSR count). The zero-order chi connectivity index (χ0) is 10.9. The van der Waals surface area contributed by atoms with Crippen molar-refractivity contribution in [2.24, 2.45) is 5.41 Å². The normalized spacial score (nSPS) is 31.7. The van der Waals surface area contributed by atoms with Crippen LogP contribution in [0.3, 0.4) is 0 Å². The molecule has 2 N–H and O–H groups in total. The molecule has 0 bridgehead atoms. The number of sulfone groups is 1. The van der Waals surface area contributed by atoms with E-state index in [9.17, 15) is 8.42 Å². The van der Waals surface area contributed by atoms with E-state index in [0.29, 0.717) is 16.9 Å². The van der Waals surface area contributed by atoms with Crippen LogP contribution >= 0.6 is 0 Å². The van der Waals surface area contributed by atoms with Crippen molar-refractivity contribution in [1.82, 2.24) is 10.6 Å². The number of hydrogen-bond donors (Lipinski definition) is 2. The lowest BCUT2D eigenvalue weighted by molar-refractivity contribution is 0.410. The van der Waals surface area contributed by atoms with Crippen LogP contribution in [0.25, 0.3) is 0 Å². The monoisotopic (exact) mass is 232 g/mol. The molecule has 1 atom stereocenters. The SMILES string of the molecule is CNCC1(CNC2CCS(=O)(=O)C2)CC1. The first kappa shape index (κ1) is 11.4. The van der Waals surface area contributed by atoms with E-state index in [0.717, 1.165) is 19.5 Å². The van der Waals surface area contributed by atoms with E-state index < -0.39 is 9.84 Å². The van der Waals surface area contributed by atoms with Crippen molar-refractivity contribution in [2.75, 3.05) is 31.6 Å². The summed E-state index contributed by atoms with van der Waals surface area (Å²) in [5.41, 5.74) is 0.418. The molecule has 15 heavy (non-hydrogen) atoms. The first-order valence-corrected chi connectivity index (χ1v) is 7.46. The van der Waals surface area contributed by atoms with Crippen molar-refractivity contribution in [3.05, 3.63) is 0 Å². The summed E-state index contributed by atoms with van der Waals surface area (Å²) in [4.78, 5) is 0. The largest absolute Gasteiger partial charge is 0.319 e. The molecular formula is C10H20N2O2S. The highest BCUT2D eigenvalue weighted by Gasteiger charge is 2.42. The van der Waals surface area contributed by atoms with Crippen LogP contribution in [0.1, 0.15) is 19.3 Å². The molecule has 0 aromatic rings. The van der Waals surface area contributed by atoms with Crippen molar-refractivity contribution in [1.29, 1.82) is 0 Å². The summed E-state index contributed by atoms with van der Waals surface area (Å²) in [6, 6.07) is 0.198. The summed E-state index contributed by atoms with van der Waals surface area (Å²) in [6.45, 7) is 2.01. The average Bonchev–Trinajstić information content (AvgIpc) is 2.83. The zero-order valence-corrected chi connectivity index (χ0v) is 10.1. The van der Waals surface area contributed by atoms with Gasteiger partial charge in [-0.3, -0.25) is 0 Å². The predicted molar refractivity (Wildman–Crippen MR) is 60.7 cm³/mol. The van der Waals surface area contributed by atoms with Crippen molar-refractivity contribution in [3.63, 3.8) is 0 Å². The molecule has 0 aromatic heterocycles. The van der Waals surface area contributed by atoms with Gasteiger partial charge in [0.05, 0.1) is 11.5 Å². The van der Waals surface area contributed by atoms with Crippen LogP contribution < -0.4 is 10.6 Å². The molecule has 1 aliphatic carbocycles. The van der Waals surface area contributed by atoms with Gasteiger partial charge in [0.25, 0.3) is 0 Å². The van der Waals surface area contributed by atoms with E-state index in [-0.39, 0.29) is 6.04 Å². The Labute approximate surface area is 91.7 Å². The van der Waals surface area contributed by atoms with Crippen molar-refractivity contribution >= 4 is 9.84 Å². The van der Waals surface area contributed by atoms with E-state index >= 15 is 0 Å². The fraction of sp³-hybridized carbons (Fsp3) is 1.00. The van der Waals surface area contributed by atoms with Crippen LogP contribution in [0.4, 0.5) is 0 Å². The molecule has 2 fully saturated rings. The maximum atomic E-state index is 11.3. The van der Waals surface area contributed by atoms with Gasteiger partial charge in [0.15, 0.2) is 9.84 Å². The second-order valence-electron chi connectivity index (χ2n) is 5.01. The van der Waals surface area contributed by atoms with Crippen molar-refractivity contribution in [2.45, 2.75) is 25.3 Å². The lowest BCUT2D eigenvalue weighted by Gasteiger charge is -2.18. The molecule has 5 heteroatoms. The van der Waals surface area contributed by atoms with Gasteiger partial charge < -0.3 is 10.6 Å². The second-order valence-corrected chi connectivity index (χ2v) is 7.24. The van der Waals surface area contributed by atoms with Gasteiger partial charge >= 0.3 is 0 Å². The quantitative estimate of drug-likeness (QED) is 0.687. The topological polar surface area (TPSA) is 58.2 Å². The van der Waals surface area contributed by atoms with Gasteiger partial charge in [-0.2, -0.15) is 0 Å². The first-order chi connectivity index (χ1) is 7.05. The van der Waals surface area contributed by atoms with Gasteiger partial charge in [-0.05, 0) is 31.7 Å². The molecule has 4 nitrogen and oxygen atoms in total. The molecule has 1 heterocycles. The summed E-state index contributed by atoms with van der Waals surface area (Å²) < 4.78 is 22.5. The van der Waals surface area contributed by atoms with Gasteiger partial charge in [-0.15, -0.1) is 0 Å². The first-order valence-electron chi connectivity index (χ1n) is 5.64. The fourth-order valence-corrected chi connectivity index (χ4v) is 3.99.